The Morgan fingerprint density at radius 3 is 2.83 bits per heavy atom. The van der Waals surface area contributed by atoms with Gasteiger partial charge in [-0.25, -0.2) is 4.98 Å². The summed E-state index contributed by atoms with van der Waals surface area (Å²) in [6.07, 6.45) is 1.54. The molecule has 0 saturated heterocycles. The molecule has 1 aromatic heterocycles. The maximum Gasteiger partial charge on any atom is 0.203 e. The van der Waals surface area contributed by atoms with Crippen molar-refractivity contribution in [2.24, 2.45) is 5.10 Å². The maximum atomic E-state index is 10.1. The molecule has 0 aliphatic rings. The van der Waals surface area contributed by atoms with Gasteiger partial charge in [0.2, 0.25) is 5.13 Å². The van der Waals surface area contributed by atoms with E-state index in [2.05, 4.69) is 15.5 Å². The van der Waals surface area contributed by atoms with Gasteiger partial charge in [0, 0.05) is 16.5 Å². The number of hydrogen-bond donors (Lipinski definition) is 2. The van der Waals surface area contributed by atoms with E-state index in [4.69, 9.17) is 4.74 Å². The number of phenolic OH excluding ortho intramolecular Hbond substituents is 1. The first kappa shape index (κ1) is 16.0. The monoisotopic (exact) mass is 339 g/mol. The van der Waals surface area contributed by atoms with Crippen LogP contribution in [-0.2, 0) is 0 Å². The molecule has 0 radical (unpaired) electrons. The van der Waals surface area contributed by atoms with Crippen LogP contribution >= 0.6 is 11.3 Å². The molecule has 3 rings (SSSR count). The number of rotatable bonds is 6. The lowest BCUT2D eigenvalue weighted by Gasteiger charge is -2.06. The van der Waals surface area contributed by atoms with Crippen LogP contribution in [0, 0.1) is 0 Å². The molecule has 2 N–H and O–H groups in total. The number of hydrogen-bond acceptors (Lipinski definition) is 6. The van der Waals surface area contributed by atoms with Crippen molar-refractivity contribution in [3.05, 3.63) is 59.5 Å². The third-order valence-corrected chi connectivity index (χ3v) is 4.01. The minimum Gasteiger partial charge on any atom is -0.504 e. The number of aromatic nitrogens is 1. The van der Waals surface area contributed by atoms with Crippen LogP contribution in [0.2, 0.25) is 0 Å². The summed E-state index contributed by atoms with van der Waals surface area (Å²) >= 11 is 1.47. The summed E-state index contributed by atoms with van der Waals surface area (Å²) in [4.78, 5) is 4.49. The summed E-state index contributed by atoms with van der Waals surface area (Å²) in [5, 5.41) is 16.9. The Bertz CT molecular complexity index is 831. The Hall–Kier alpha value is -2.86. The van der Waals surface area contributed by atoms with Gasteiger partial charge in [0.1, 0.15) is 0 Å². The molecule has 0 atom stereocenters. The van der Waals surface area contributed by atoms with Gasteiger partial charge in [0.15, 0.2) is 11.5 Å². The summed E-state index contributed by atoms with van der Waals surface area (Å²) in [7, 11) is 0. The molecule has 6 heteroatoms. The van der Waals surface area contributed by atoms with E-state index in [1.165, 1.54) is 11.3 Å². The quantitative estimate of drug-likeness (QED) is 0.517. The fourth-order valence-electron chi connectivity index (χ4n) is 2.14. The molecule has 0 aliphatic carbocycles. The van der Waals surface area contributed by atoms with Crippen molar-refractivity contribution in [2.45, 2.75) is 6.92 Å². The van der Waals surface area contributed by atoms with Gasteiger partial charge in [-0.3, -0.25) is 5.43 Å². The Balaban J connectivity index is 1.69. The summed E-state index contributed by atoms with van der Waals surface area (Å²) < 4.78 is 5.35. The Labute approximate surface area is 144 Å². The van der Waals surface area contributed by atoms with Gasteiger partial charge in [-0.1, -0.05) is 36.4 Å². The largest absolute Gasteiger partial charge is 0.504 e. The highest BCUT2D eigenvalue weighted by Gasteiger charge is 2.06. The summed E-state index contributed by atoms with van der Waals surface area (Å²) in [6, 6.07) is 15.3. The number of thiazole rings is 1. The predicted octanol–water partition coefficient (Wildman–Crippen LogP) is 4.36. The zero-order valence-electron chi connectivity index (χ0n) is 13.1. The first-order valence-corrected chi connectivity index (χ1v) is 8.40. The lowest BCUT2D eigenvalue weighted by molar-refractivity contribution is 0.318. The number of nitrogens with zero attached hydrogens (tertiary/aromatic N) is 2. The van der Waals surface area contributed by atoms with Crippen molar-refractivity contribution in [1.29, 1.82) is 0 Å². The minimum atomic E-state index is 0.0778. The minimum absolute atomic E-state index is 0.0778. The molecule has 122 valence electrons. The smallest absolute Gasteiger partial charge is 0.203 e. The SMILES string of the molecule is CCOc1cccc(C=NNc2nc(-c3ccccc3)cs2)c1O. The van der Waals surface area contributed by atoms with Gasteiger partial charge in [-0.2, -0.15) is 5.10 Å². The van der Waals surface area contributed by atoms with Crippen molar-refractivity contribution >= 4 is 22.7 Å². The van der Waals surface area contributed by atoms with E-state index in [1.54, 1.807) is 18.3 Å². The van der Waals surface area contributed by atoms with E-state index in [-0.39, 0.29) is 5.75 Å². The zero-order valence-corrected chi connectivity index (χ0v) is 14.0. The first-order chi connectivity index (χ1) is 11.8. The molecule has 0 amide bonds. The molecule has 0 fully saturated rings. The van der Waals surface area contributed by atoms with Crippen LogP contribution in [0.15, 0.2) is 59.0 Å². The van der Waals surface area contributed by atoms with E-state index in [1.807, 2.05) is 48.7 Å². The average Bonchev–Trinajstić information content (AvgIpc) is 3.08. The summed E-state index contributed by atoms with van der Waals surface area (Å²) in [5.41, 5.74) is 5.43. The standard InChI is InChI=1S/C18H17N3O2S/c1-2-23-16-10-6-9-14(17(16)22)11-19-21-18-20-15(12-24-18)13-7-4-3-5-8-13/h3-12,22H,2H2,1H3,(H,20,21). The van der Waals surface area contributed by atoms with E-state index in [9.17, 15) is 5.11 Å². The van der Waals surface area contributed by atoms with Crippen LogP contribution in [0.3, 0.4) is 0 Å². The molecular weight excluding hydrogens is 322 g/mol. The van der Waals surface area contributed by atoms with Crippen LogP contribution in [-0.4, -0.2) is 22.9 Å². The normalized spacial score (nSPS) is 10.9. The molecule has 1 heterocycles. The summed E-state index contributed by atoms with van der Waals surface area (Å²) in [5.74, 6) is 0.524. The predicted molar refractivity (Wildman–Crippen MR) is 98.0 cm³/mol. The molecule has 0 aliphatic heterocycles. The van der Waals surface area contributed by atoms with Crippen LogP contribution in [0.25, 0.3) is 11.3 Å². The van der Waals surface area contributed by atoms with E-state index in [0.29, 0.717) is 23.1 Å². The number of ether oxygens (including phenoxy) is 1. The fourth-order valence-corrected chi connectivity index (χ4v) is 2.81. The highest BCUT2D eigenvalue weighted by molar-refractivity contribution is 7.14. The third-order valence-electron chi connectivity index (χ3n) is 3.27. The second-order valence-electron chi connectivity index (χ2n) is 4.90. The third kappa shape index (κ3) is 3.72. The van der Waals surface area contributed by atoms with E-state index >= 15 is 0 Å². The lowest BCUT2D eigenvalue weighted by Crippen LogP contribution is -1.95. The highest BCUT2D eigenvalue weighted by atomic mass is 32.1. The van der Waals surface area contributed by atoms with Crippen LogP contribution < -0.4 is 10.2 Å². The van der Waals surface area contributed by atoms with Gasteiger partial charge in [0.25, 0.3) is 0 Å². The molecule has 5 nitrogen and oxygen atoms in total. The number of nitrogens with one attached hydrogen (secondary N) is 1. The first-order valence-electron chi connectivity index (χ1n) is 7.52. The Kier molecular flexibility index (Phi) is 5.08. The summed E-state index contributed by atoms with van der Waals surface area (Å²) in [6.45, 7) is 2.36. The highest BCUT2D eigenvalue weighted by Crippen LogP contribution is 2.29. The van der Waals surface area contributed by atoms with E-state index in [0.717, 1.165) is 11.3 Å². The number of benzene rings is 2. The number of aromatic hydroxyl groups is 1. The molecule has 0 unspecified atom stereocenters. The zero-order chi connectivity index (χ0) is 16.8. The van der Waals surface area contributed by atoms with Crippen LogP contribution in [0.5, 0.6) is 11.5 Å². The molecular formula is C18H17N3O2S. The van der Waals surface area contributed by atoms with Crippen molar-refractivity contribution in [3.63, 3.8) is 0 Å². The number of hydrazone groups is 1. The lowest BCUT2D eigenvalue weighted by atomic mass is 10.2. The fraction of sp³-hybridized carbons (Fsp3) is 0.111. The van der Waals surface area contributed by atoms with Gasteiger partial charge in [-0.05, 0) is 19.1 Å². The van der Waals surface area contributed by atoms with Gasteiger partial charge < -0.3 is 9.84 Å². The molecule has 0 bridgehead atoms. The number of anilines is 1. The number of phenols is 1. The number of para-hydroxylation sites is 1. The van der Waals surface area contributed by atoms with Crippen LogP contribution in [0.4, 0.5) is 5.13 Å². The van der Waals surface area contributed by atoms with Crippen LogP contribution in [0.1, 0.15) is 12.5 Å². The molecule has 0 saturated carbocycles. The van der Waals surface area contributed by atoms with Gasteiger partial charge in [0.05, 0.1) is 18.5 Å². The van der Waals surface area contributed by atoms with Gasteiger partial charge in [-0.15, -0.1) is 11.3 Å². The Morgan fingerprint density at radius 2 is 2.04 bits per heavy atom. The average molecular weight is 339 g/mol. The van der Waals surface area contributed by atoms with E-state index < -0.39 is 0 Å². The molecule has 0 spiro atoms. The molecule has 2 aromatic carbocycles. The Morgan fingerprint density at radius 1 is 1.21 bits per heavy atom. The topological polar surface area (TPSA) is 66.7 Å². The molecule has 24 heavy (non-hydrogen) atoms. The van der Waals surface area contributed by atoms with Crippen molar-refractivity contribution in [3.8, 4) is 22.8 Å². The second-order valence-corrected chi connectivity index (χ2v) is 5.76. The van der Waals surface area contributed by atoms with Gasteiger partial charge >= 0.3 is 0 Å². The van der Waals surface area contributed by atoms with Crippen molar-refractivity contribution in [1.82, 2.24) is 4.98 Å². The van der Waals surface area contributed by atoms with Crippen molar-refractivity contribution < 1.29 is 9.84 Å². The maximum absolute atomic E-state index is 10.1. The van der Waals surface area contributed by atoms with Crippen molar-refractivity contribution in [2.75, 3.05) is 12.0 Å². The second kappa shape index (κ2) is 7.61. The molecule has 3 aromatic rings.